The third-order valence-electron chi connectivity index (χ3n) is 7.29. The van der Waals surface area contributed by atoms with Gasteiger partial charge in [-0.15, -0.1) is 0 Å². The Hall–Kier alpha value is -4.42. The minimum atomic E-state index is -0.832. The predicted octanol–water partition coefficient (Wildman–Crippen LogP) is 6.08. The maximum Gasteiger partial charge on any atom is 0.338 e. The van der Waals surface area contributed by atoms with Crippen LogP contribution in [-0.4, -0.2) is 37.5 Å². The van der Waals surface area contributed by atoms with Crippen LogP contribution in [0.4, 0.5) is 4.39 Å². The Balaban J connectivity index is 1.60. The van der Waals surface area contributed by atoms with Gasteiger partial charge < -0.3 is 23.7 Å². The quantitative estimate of drug-likeness (QED) is 0.173. The van der Waals surface area contributed by atoms with Gasteiger partial charge in [0.05, 0.1) is 48.8 Å². The van der Waals surface area contributed by atoms with E-state index in [9.17, 15) is 14.0 Å². The third-order valence-corrected chi connectivity index (χ3v) is 8.96. The van der Waals surface area contributed by atoms with E-state index in [1.807, 2.05) is 19.9 Å². The van der Waals surface area contributed by atoms with Crippen molar-refractivity contribution in [3.63, 3.8) is 0 Å². The van der Waals surface area contributed by atoms with Crippen LogP contribution in [0.1, 0.15) is 50.4 Å². The number of esters is 1. The van der Waals surface area contributed by atoms with Crippen LogP contribution in [0.25, 0.3) is 6.08 Å². The number of carbonyl (C=O) groups excluding carboxylic acids is 1. The zero-order valence-electron chi connectivity index (χ0n) is 26.8. The van der Waals surface area contributed by atoms with Crippen molar-refractivity contribution >= 4 is 39.3 Å². The fraction of sp³-hybridized carbons (Fsp3) is 0.286. The van der Waals surface area contributed by atoms with E-state index in [0.717, 1.165) is 0 Å². The average Bonchev–Trinajstić information content (AvgIpc) is 3.34. The molecule has 0 unspecified atom stereocenters. The van der Waals surface area contributed by atoms with E-state index in [0.29, 0.717) is 59.2 Å². The van der Waals surface area contributed by atoms with Gasteiger partial charge in [-0.05, 0) is 75.2 Å². The van der Waals surface area contributed by atoms with Crippen molar-refractivity contribution in [2.24, 2.45) is 4.99 Å². The number of ether oxygens (including phenoxy) is 5. The first kappa shape index (κ1) is 33.9. The smallest absolute Gasteiger partial charge is 0.338 e. The second-order valence-electron chi connectivity index (χ2n) is 10.8. The second kappa shape index (κ2) is 14.6. The molecule has 0 radical (unpaired) electrons. The molecule has 0 fully saturated rings. The van der Waals surface area contributed by atoms with Crippen LogP contribution < -0.4 is 33.8 Å². The number of carbonyl (C=O) groups is 1. The number of nitrogens with zero attached hydrogens (tertiary/aromatic N) is 2. The summed E-state index contributed by atoms with van der Waals surface area (Å²) < 4.78 is 45.1. The molecule has 1 aliphatic rings. The molecule has 1 aromatic heterocycles. The molecule has 12 heteroatoms. The van der Waals surface area contributed by atoms with Gasteiger partial charge in [0.25, 0.3) is 5.56 Å². The summed E-state index contributed by atoms with van der Waals surface area (Å²) in [5.41, 5.74) is 2.02. The topological polar surface area (TPSA) is 97.6 Å². The fourth-order valence-electron chi connectivity index (χ4n) is 5.16. The molecule has 0 saturated carbocycles. The molecule has 0 saturated heterocycles. The van der Waals surface area contributed by atoms with Crippen LogP contribution in [0, 0.1) is 5.82 Å². The van der Waals surface area contributed by atoms with Crippen molar-refractivity contribution < 1.29 is 32.9 Å². The van der Waals surface area contributed by atoms with Gasteiger partial charge in [0, 0.05) is 10.0 Å². The number of hydrogen-bond donors (Lipinski definition) is 0. The zero-order chi connectivity index (χ0) is 33.8. The van der Waals surface area contributed by atoms with E-state index >= 15 is 0 Å². The molecular formula is C35H34BrFN2O7S. The average molecular weight is 726 g/mol. The maximum absolute atomic E-state index is 14.2. The highest BCUT2D eigenvalue weighted by Gasteiger charge is 2.34. The SMILES string of the molecule is CCOC(=O)C1=C(C)N=c2s/c(=C\c3cc(OC)c(OCc4ccccc4F)cc3Br)c(=O)n2[C@@H]1c1ccc(OC(C)C)c(OC)c1. The molecule has 47 heavy (non-hydrogen) atoms. The lowest BCUT2D eigenvalue weighted by atomic mass is 9.95. The Labute approximate surface area is 283 Å². The summed E-state index contributed by atoms with van der Waals surface area (Å²) in [6, 6.07) is 14.3. The number of thiazole rings is 1. The van der Waals surface area contributed by atoms with E-state index in [4.69, 9.17) is 23.7 Å². The van der Waals surface area contributed by atoms with Crippen LogP contribution in [0.2, 0.25) is 0 Å². The standard InChI is InChI=1S/C35H34BrFN2O7S/c1-7-44-34(41)31-20(4)38-35-39(32(31)21-12-13-26(46-19(2)3)27(14-21)42-5)33(40)30(47-35)16-23-15-28(43-6)29(17-24(23)36)45-18-22-10-8-9-11-25(22)37/h8-17,19,32H,7,18H2,1-6H3/b30-16-/t32-/m1/s1. The van der Waals surface area contributed by atoms with Gasteiger partial charge in [-0.1, -0.05) is 51.5 Å². The molecule has 9 nitrogen and oxygen atoms in total. The van der Waals surface area contributed by atoms with Gasteiger partial charge in [0.15, 0.2) is 27.8 Å². The first-order chi connectivity index (χ1) is 22.6. The maximum atomic E-state index is 14.2. The predicted molar refractivity (Wildman–Crippen MR) is 181 cm³/mol. The van der Waals surface area contributed by atoms with E-state index in [1.54, 1.807) is 62.4 Å². The number of benzene rings is 3. The number of hydrogen-bond acceptors (Lipinski definition) is 9. The lowest BCUT2D eigenvalue weighted by molar-refractivity contribution is -0.139. The number of fused-ring (bicyclic) bond motifs is 1. The Morgan fingerprint density at radius 1 is 1.06 bits per heavy atom. The van der Waals surface area contributed by atoms with Crippen LogP contribution in [0.15, 0.2) is 80.1 Å². The molecule has 2 heterocycles. The zero-order valence-corrected chi connectivity index (χ0v) is 29.2. The molecule has 0 bridgehead atoms. The van der Waals surface area contributed by atoms with Crippen LogP contribution >= 0.6 is 27.3 Å². The van der Waals surface area contributed by atoms with Crippen LogP contribution in [0.5, 0.6) is 23.0 Å². The molecular weight excluding hydrogens is 691 g/mol. The van der Waals surface area contributed by atoms with Gasteiger partial charge in [-0.2, -0.15) is 0 Å². The summed E-state index contributed by atoms with van der Waals surface area (Å²) in [4.78, 5) is 32.6. The van der Waals surface area contributed by atoms with Gasteiger partial charge in [-0.25, -0.2) is 14.2 Å². The van der Waals surface area contributed by atoms with Crippen molar-refractivity contribution in [1.29, 1.82) is 0 Å². The minimum Gasteiger partial charge on any atom is -0.493 e. The Morgan fingerprint density at radius 2 is 1.79 bits per heavy atom. The van der Waals surface area contributed by atoms with Crippen molar-refractivity contribution in [1.82, 2.24) is 4.57 Å². The normalized spacial score (nSPS) is 14.5. The summed E-state index contributed by atoms with van der Waals surface area (Å²) in [6.07, 6.45) is 1.63. The highest BCUT2D eigenvalue weighted by Crippen LogP contribution is 2.37. The summed E-state index contributed by atoms with van der Waals surface area (Å²) >= 11 is 4.78. The number of rotatable bonds is 11. The Morgan fingerprint density at radius 3 is 2.47 bits per heavy atom. The van der Waals surface area contributed by atoms with Gasteiger partial charge in [0.2, 0.25) is 0 Å². The van der Waals surface area contributed by atoms with Crippen LogP contribution in [-0.2, 0) is 16.1 Å². The number of methoxy groups -OCH3 is 2. The molecule has 1 aliphatic heterocycles. The summed E-state index contributed by atoms with van der Waals surface area (Å²) in [5.74, 6) is 0.873. The monoisotopic (exact) mass is 724 g/mol. The number of halogens is 2. The van der Waals surface area contributed by atoms with Crippen molar-refractivity contribution in [3.8, 4) is 23.0 Å². The lowest BCUT2D eigenvalue weighted by Gasteiger charge is -2.25. The lowest BCUT2D eigenvalue weighted by Crippen LogP contribution is -2.40. The highest BCUT2D eigenvalue weighted by atomic mass is 79.9. The van der Waals surface area contributed by atoms with Gasteiger partial charge >= 0.3 is 5.97 Å². The summed E-state index contributed by atoms with van der Waals surface area (Å²) in [7, 11) is 3.04. The minimum absolute atomic E-state index is 0.00489. The molecule has 5 rings (SSSR count). The van der Waals surface area contributed by atoms with Gasteiger partial charge in [-0.3, -0.25) is 9.36 Å². The van der Waals surface area contributed by atoms with Crippen molar-refractivity contribution in [2.75, 3.05) is 20.8 Å². The first-order valence-corrected chi connectivity index (χ1v) is 16.4. The van der Waals surface area contributed by atoms with E-state index in [1.165, 1.54) is 36.2 Å². The molecule has 0 spiro atoms. The molecule has 3 aromatic carbocycles. The van der Waals surface area contributed by atoms with E-state index < -0.39 is 12.0 Å². The van der Waals surface area contributed by atoms with Crippen LogP contribution in [0.3, 0.4) is 0 Å². The van der Waals surface area contributed by atoms with Gasteiger partial charge in [0.1, 0.15) is 12.4 Å². The molecule has 246 valence electrons. The fourth-order valence-corrected chi connectivity index (χ4v) is 6.63. The number of allylic oxidation sites excluding steroid dienone is 1. The second-order valence-corrected chi connectivity index (χ2v) is 12.6. The Bertz CT molecular complexity index is 2040. The molecule has 1 atom stereocenters. The molecule has 0 amide bonds. The number of aromatic nitrogens is 1. The highest BCUT2D eigenvalue weighted by molar-refractivity contribution is 9.10. The third kappa shape index (κ3) is 7.13. The van der Waals surface area contributed by atoms with E-state index in [2.05, 4.69) is 20.9 Å². The van der Waals surface area contributed by atoms with Crippen molar-refractivity contribution in [3.05, 3.63) is 113 Å². The molecule has 0 aliphatic carbocycles. The van der Waals surface area contributed by atoms with E-state index in [-0.39, 0.29) is 36.3 Å². The molecule has 0 N–H and O–H groups in total. The Kier molecular flexibility index (Phi) is 10.5. The molecule has 4 aromatic rings. The summed E-state index contributed by atoms with van der Waals surface area (Å²) in [5, 5.41) is 0. The summed E-state index contributed by atoms with van der Waals surface area (Å²) in [6.45, 7) is 7.44. The first-order valence-electron chi connectivity index (χ1n) is 14.8. The van der Waals surface area contributed by atoms with Crippen molar-refractivity contribution in [2.45, 2.75) is 46.4 Å². The largest absolute Gasteiger partial charge is 0.493 e.